The quantitative estimate of drug-likeness (QED) is 0.798. The van der Waals surface area contributed by atoms with E-state index in [9.17, 15) is 9.59 Å². The van der Waals surface area contributed by atoms with Gasteiger partial charge in [0.15, 0.2) is 0 Å². The Labute approximate surface area is 113 Å². The summed E-state index contributed by atoms with van der Waals surface area (Å²) >= 11 is 0. The van der Waals surface area contributed by atoms with Crippen molar-refractivity contribution in [1.82, 2.24) is 4.90 Å². The summed E-state index contributed by atoms with van der Waals surface area (Å²) < 4.78 is 0. The molecular formula is C14H21N3O2. The van der Waals surface area contributed by atoms with Crippen LogP contribution in [0.15, 0.2) is 24.3 Å². The van der Waals surface area contributed by atoms with Crippen molar-refractivity contribution in [1.29, 1.82) is 0 Å². The summed E-state index contributed by atoms with van der Waals surface area (Å²) in [4.78, 5) is 24.8. The van der Waals surface area contributed by atoms with Gasteiger partial charge in [0.25, 0.3) is 0 Å². The summed E-state index contributed by atoms with van der Waals surface area (Å²) in [6.45, 7) is 5.66. The molecule has 5 nitrogen and oxygen atoms in total. The maximum atomic E-state index is 12.3. The van der Waals surface area contributed by atoms with E-state index in [4.69, 9.17) is 11.5 Å². The zero-order chi connectivity index (χ0) is 14.6. The van der Waals surface area contributed by atoms with E-state index in [2.05, 4.69) is 0 Å². The van der Waals surface area contributed by atoms with E-state index in [-0.39, 0.29) is 12.5 Å². The number of nitrogens with two attached hydrogens (primary N) is 2. The van der Waals surface area contributed by atoms with E-state index in [0.717, 1.165) is 5.56 Å². The molecule has 1 aromatic carbocycles. The molecule has 0 saturated heterocycles. The van der Waals surface area contributed by atoms with Crippen molar-refractivity contribution in [2.45, 2.75) is 27.3 Å². The highest BCUT2D eigenvalue weighted by atomic mass is 16.2. The molecule has 0 unspecified atom stereocenters. The minimum absolute atomic E-state index is 0.0924. The number of carbonyl (C=O) groups is 2. The van der Waals surface area contributed by atoms with E-state index in [0.29, 0.717) is 12.2 Å². The lowest BCUT2D eigenvalue weighted by Gasteiger charge is -2.28. The number of nitrogens with zero attached hydrogens (tertiary/aromatic N) is 1. The van der Waals surface area contributed by atoms with Gasteiger partial charge in [-0.3, -0.25) is 9.59 Å². The molecule has 104 valence electrons. The monoisotopic (exact) mass is 263 g/mol. The first-order chi connectivity index (χ1) is 8.70. The number of primary amides is 1. The molecule has 0 bridgehead atoms. The third kappa shape index (κ3) is 4.62. The molecule has 19 heavy (non-hydrogen) atoms. The maximum Gasteiger partial charge on any atom is 0.237 e. The van der Waals surface area contributed by atoms with Gasteiger partial charge in [0.1, 0.15) is 0 Å². The zero-order valence-corrected chi connectivity index (χ0v) is 11.6. The first-order valence-electron chi connectivity index (χ1n) is 6.12. The molecule has 0 aliphatic carbocycles. The van der Waals surface area contributed by atoms with Crippen molar-refractivity contribution >= 4 is 17.5 Å². The van der Waals surface area contributed by atoms with Crippen molar-refractivity contribution in [2.75, 3.05) is 12.3 Å². The molecule has 0 aliphatic heterocycles. The number of amides is 2. The lowest BCUT2D eigenvalue weighted by molar-refractivity contribution is -0.142. The van der Waals surface area contributed by atoms with E-state index in [1.165, 1.54) is 4.90 Å². The highest BCUT2D eigenvalue weighted by Crippen LogP contribution is 2.19. The van der Waals surface area contributed by atoms with Gasteiger partial charge in [0.05, 0.1) is 6.54 Å². The van der Waals surface area contributed by atoms with Gasteiger partial charge in [-0.15, -0.1) is 0 Å². The molecule has 0 spiro atoms. The van der Waals surface area contributed by atoms with E-state index in [1.807, 2.05) is 32.9 Å². The van der Waals surface area contributed by atoms with Gasteiger partial charge < -0.3 is 16.4 Å². The molecule has 4 N–H and O–H groups in total. The Morgan fingerprint density at radius 2 is 1.89 bits per heavy atom. The summed E-state index contributed by atoms with van der Waals surface area (Å²) in [5, 5.41) is 0. The molecular weight excluding hydrogens is 242 g/mol. The van der Waals surface area contributed by atoms with Crippen LogP contribution in [0.4, 0.5) is 5.69 Å². The fourth-order valence-electron chi connectivity index (χ4n) is 1.77. The van der Waals surface area contributed by atoms with Crippen LogP contribution >= 0.6 is 0 Å². The number of hydrogen-bond acceptors (Lipinski definition) is 3. The Morgan fingerprint density at radius 3 is 2.37 bits per heavy atom. The highest BCUT2D eigenvalue weighted by Gasteiger charge is 2.28. The van der Waals surface area contributed by atoms with Crippen LogP contribution < -0.4 is 11.5 Å². The second-order valence-corrected chi connectivity index (χ2v) is 5.62. The molecule has 5 heteroatoms. The molecule has 0 aliphatic rings. The molecule has 1 aromatic rings. The lowest BCUT2D eigenvalue weighted by atomic mass is 9.94. The van der Waals surface area contributed by atoms with Gasteiger partial charge in [-0.05, 0) is 17.7 Å². The highest BCUT2D eigenvalue weighted by molar-refractivity contribution is 5.86. The summed E-state index contributed by atoms with van der Waals surface area (Å²) in [7, 11) is 0. The largest absolute Gasteiger partial charge is 0.399 e. The first-order valence-corrected chi connectivity index (χ1v) is 6.12. The molecule has 0 heterocycles. The van der Waals surface area contributed by atoms with Crippen molar-refractivity contribution in [2.24, 2.45) is 11.1 Å². The molecule has 0 saturated carbocycles. The third-order valence-corrected chi connectivity index (χ3v) is 2.60. The number of nitrogen functional groups attached to an aromatic ring is 1. The molecule has 0 radical (unpaired) electrons. The summed E-state index contributed by atoms with van der Waals surface area (Å²) in [5.74, 6) is -0.643. The van der Waals surface area contributed by atoms with Gasteiger partial charge >= 0.3 is 0 Å². The number of benzene rings is 1. The number of carbonyl (C=O) groups excluding carboxylic acids is 2. The average Bonchev–Trinajstić information content (AvgIpc) is 2.25. The Morgan fingerprint density at radius 1 is 1.26 bits per heavy atom. The van der Waals surface area contributed by atoms with Crippen LogP contribution in [0.25, 0.3) is 0 Å². The van der Waals surface area contributed by atoms with Crippen LogP contribution in [0.3, 0.4) is 0 Å². The lowest BCUT2D eigenvalue weighted by Crippen LogP contribution is -2.43. The topological polar surface area (TPSA) is 89.4 Å². The van der Waals surface area contributed by atoms with Gasteiger partial charge in [0, 0.05) is 17.6 Å². The second kappa shape index (κ2) is 5.73. The van der Waals surface area contributed by atoms with Crippen LogP contribution in [0.5, 0.6) is 0 Å². The molecule has 0 aromatic heterocycles. The minimum atomic E-state index is -0.560. The average molecular weight is 263 g/mol. The van der Waals surface area contributed by atoms with Gasteiger partial charge in [-0.25, -0.2) is 0 Å². The Hall–Kier alpha value is -2.04. The fraction of sp³-hybridized carbons (Fsp3) is 0.429. The Bertz CT molecular complexity index is 478. The van der Waals surface area contributed by atoms with Gasteiger partial charge in [0.2, 0.25) is 11.8 Å². The summed E-state index contributed by atoms with van der Waals surface area (Å²) in [6, 6.07) is 7.23. The van der Waals surface area contributed by atoms with E-state index < -0.39 is 11.3 Å². The second-order valence-electron chi connectivity index (χ2n) is 5.62. The Kier molecular flexibility index (Phi) is 4.53. The standard InChI is InChI=1S/C14H21N3O2/c1-14(2,3)13(19)17(9-12(16)18)8-10-5-4-6-11(15)7-10/h4-7H,8-9,15H2,1-3H3,(H2,16,18). The van der Waals surface area contributed by atoms with Crippen LogP contribution in [-0.2, 0) is 16.1 Å². The van der Waals surface area contributed by atoms with E-state index >= 15 is 0 Å². The number of rotatable bonds is 4. The van der Waals surface area contributed by atoms with Crippen molar-refractivity contribution < 1.29 is 9.59 Å². The molecule has 0 atom stereocenters. The van der Waals surface area contributed by atoms with Gasteiger partial charge in [-0.1, -0.05) is 32.9 Å². The first kappa shape index (κ1) is 15.0. The summed E-state index contributed by atoms with van der Waals surface area (Å²) in [5.41, 5.74) is 11.8. The van der Waals surface area contributed by atoms with Crippen LogP contribution in [-0.4, -0.2) is 23.3 Å². The number of anilines is 1. The van der Waals surface area contributed by atoms with Crippen molar-refractivity contribution in [3.63, 3.8) is 0 Å². The maximum absolute atomic E-state index is 12.3. The van der Waals surface area contributed by atoms with Crippen LogP contribution in [0, 0.1) is 5.41 Å². The third-order valence-electron chi connectivity index (χ3n) is 2.60. The normalized spacial score (nSPS) is 11.1. The smallest absolute Gasteiger partial charge is 0.237 e. The number of hydrogen-bond donors (Lipinski definition) is 2. The molecule has 2 amide bonds. The minimum Gasteiger partial charge on any atom is -0.399 e. The fourth-order valence-corrected chi connectivity index (χ4v) is 1.77. The van der Waals surface area contributed by atoms with E-state index in [1.54, 1.807) is 12.1 Å². The SMILES string of the molecule is CC(C)(C)C(=O)N(CC(N)=O)Cc1cccc(N)c1. The summed E-state index contributed by atoms with van der Waals surface area (Å²) in [6.07, 6.45) is 0. The van der Waals surface area contributed by atoms with Crippen LogP contribution in [0.1, 0.15) is 26.3 Å². The molecule has 1 rings (SSSR count). The van der Waals surface area contributed by atoms with Crippen LogP contribution in [0.2, 0.25) is 0 Å². The Balaban J connectivity index is 2.92. The zero-order valence-electron chi connectivity index (χ0n) is 11.6. The van der Waals surface area contributed by atoms with Crippen molar-refractivity contribution in [3.8, 4) is 0 Å². The predicted octanol–water partition coefficient (Wildman–Crippen LogP) is 1.13. The molecule has 0 fully saturated rings. The van der Waals surface area contributed by atoms with Gasteiger partial charge in [-0.2, -0.15) is 0 Å². The van der Waals surface area contributed by atoms with Crippen molar-refractivity contribution in [3.05, 3.63) is 29.8 Å². The predicted molar refractivity (Wildman–Crippen MR) is 74.9 cm³/mol.